The lowest BCUT2D eigenvalue weighted by molar-refractivity contribution is 0.102. The smallest absolute Gasteiger partial charge is 0.258 e. The number of rotatable bonds is 3. The normalized spacial score (nSPS) is 10.8. The van der Waals surface area contributed by atoms with Crippen LogP contribution < -0.4 is 5.32 Å². The number of carbonyl (C=O) groups excluding carboxylic acids is 1. The second kappa shape index (κ2) is 6.41. The molecule has 2 aromatic heterocycles. The molecule has 4 aromatic rings. The molecule has 1 N–H and O–H groups in total. The molecule has 122 valence electrons. The van der Waals surface area contributed by atoms with Crippen molar-refractivity contribution in [2.24, 2.45) is 0 Å². The molecule has 0 saturated heterocycles. The zero-order valence-electron chi connectivity index (χ0n) is 13.4. The van der Waals surface area contributed by atoms with Crippen LogP contribution in [0.4, 0.5) is 5.13 Å². The Labute approximate surface area is 148 Å². The third-order valence-electron chi connectivity index (χ3n) is 3.78. The number of para-hydroxylation sites is 1. The van der Waals surface area contributed by atoms with E-state index < -0.39 is 0 Å². The molecule has 2 aromatic carbocycles. The van der Waals surface area contributed by atoms with E-state index in [4.69, 9.17) is 4.98 Å². The Morgan fingerprint density at radius 3 is 2.52 bits per heavy atom. The maximum absolute atomic E-state index is 12.8. The summed E-state index contributed by atoms with van der Waals surface area (Å²) in [6.07, 6.45) is 0. The van der Waals surface area contributed by atoms with E-state index in [1.54, 1.807) is 0 Å². The summed E-state index contributed by atoms with van der Waals surface area (Å²) in [4.78, 5) is 17.5. The average molecular weight is 346 g/mol. The molecular formula is C19H14N4OS. The molecule has 0 aliphatic carbocycles. The highest BCUT2D eigenvalue weighted by Gasteiger charge is 2.15. The quantitative estimate of drug-likeness (QED) is 0.600. The van der Waals surface area contributed by atoms with Gasteiger partial charge in [-0.2, -0.15) is 0 Å². The third-order valence-corrected chi connectivity index (χ3v) is 4.53. The lowest BCUT2D eigenvalue weighted by Crippen LogP contribution is -2.13. The van der Waals surface area contributed by atoms with E-state index in [9.17, 15) is 4.79 Å². The second-order valence-electron chi connectivity index (χ2n) is 5.52. The first-order valence-corrected chi connectivity index (χ1v) is 8.59. The number of hydrogen-bond acceptors (Lipinski definition) is 5. The van der Waals surface area contributed by atoms with Gasteiger partial charge < -0.3 is 0 Å². The van der Waals surface area contributed by atoms with E-state index in [1.165, 1.54) is 11.3 Å². The summed E-state index contributed by atoms with van der Waals surface area (Å²) in [6, 6.07) is 19.3. The molecule has 6 heteroatoms. The van der Waals surface area contributed by atoms with E-state index in [0.717, 1.165) is 27.2 Å². The average Bonchev–Trinajstić information content (AvgIpc) is 3.06. The fourth-order valence-corrected chi connectivity index (χ4v) is 3.22. The molecule has 0 atom stereocenters. The highest BCUT2D eigenvalue weighted by Crippen LogP contribution is 2.26. The van der Waals surface area contributed by atoms with Crippen molar-refractivity contribution in [2.45, 2.75) is 6.92 Å². The zero-order chi connectivity index (χ0) is 17.2. The number of nitrogens with one attached hydrogen (secondary N) is 1. The number of amides is 1. The van der Waals surface area contributed by atoms with Crippen LogP contribution in [0.15, 0.2) is 60.7 Å². The zero-order valence-corrected chi connectivity index (χ0v) is 14.2. The van der Waals surface area contributed by atoms with Crippen molar-refractivity contribution in [3.8, 4) is 11.3 Å². The molecule has 0 unspecified atom stereocenters. The molecule has 0 bridgehead atoms. The number of aromatic nitrogens is 3. The van der Waals surface area contributed by atoms with Gasteiger partial charge in [-0.3, -0.25) is 10.1 Å². The van der Waals surface area contributed by atoms with Gasteiger partial charge in [-0.25, -0.2) is 4.98 Å². The molecule has 0 spiro atoms. The standard InChI is InChI=1S/C19H14N4OS/c1-12-22-23-19(25-12)21-18(24)15-11-17(13-7-3-2-4-8-13)20-16-10-6-5-9-14(15)16/h2-11H,1H3,(H,21,23,24). The van der Waals surface area contributed by atoms with Crippen molar-refractivity contribution in [1.29, 1.82) is 0 Å². The minimum Gasteiger partial charge on any atom is -0.296 e. The Kier molecular flexibility index (Phi) is 3.95. The van der Waals surface area contributed by atoms with E-state index in [2.05, 4.69) is 15.5 Å². The largest absolute Gasteiger partial charge is 0.296 e. The fourth-order valence-electron chi connectivity index (χ4n) is 2.63. The molecule has 0 saturated carbocycles. The molecule has 0 fully saturated rings. The van der Waals surface area contributed by atoms with E-state index in [1.807, 2.05) is 67.6 Å². The van der Waals surface area contributed by atoms with Gasteiger partial charge in [0, 0.05) is 10.9 Å². The van der Waals surface area contributed by atoms with Crippen LogP contribution >= 0.6 is 11.3 Å². The maximum Gasteiger partial charge on any atom is 0.258 e. The van der Waals surface area contributed by atoms with Crippen molar-refractivity contribution in [3.05, 3.63) is 71.2 Å². The maximum atomic E-state index is 12.8. The lowest BCUT2D eigenvalue weighted by atomic mass is 10.0. The number of anilines is 1. The molecule has 2 heterocycles. The van der Waals surface area contributed by atoms with Crippen molar-refractivity contribution >= 4 is 33.3 Å². The minimum atomic E-state index is -0.216. The summed E-state index contributed by atoms with van der Waals surface area (Å²) in [5, 5.41) is 12.8. The summed E-state index contributed by atoms with van der Waals surface area (Å²) < 4.78 is 0. The number of hydrogen-bond donors (Lipinski definition) is 1. The Hall–Kier alpha value is -3.12. The lowest BCUT2D eigenvalue weighted by Gasteiger charge is -2.09. The van der Waals surface area contributed by atoms with Crippen LogP contribution in [0.3, 0.4) is 0 Å². The predicted molar refractivity (Wildman–Crippen MR) is 99.8 cm³/mol. The second-order valence-corrected chi connectivity index (χ2v) is 6.70. The Morgan fingerprint density at radius 1 is 1.00 bits per heavy atom. The van der Waals surface area contributed by atoms with Crippen LogP contribution in [-0.2, 0) is 0 Å². The number of aryl methyl sites for hydroxylation is 1. The van der Waals surface area contributed by atoms with Crippen molar-refractivity contribution in [3.63, 3.8) is 0 Å². The molecule has 1 amide bonds. The number of nitrogens with zero attached hydrogens (tertiary/aromatic N) is 3. The van der Waals surface area contributed by atoms with Crippen molar-refractivity contribution < 1.29 is 4.79 Å². The molecule has 25 heavy (non-hydrogen) atoms. The van der Waals surface area contributed by atoms with Gasteiger partial charge in [0.15, 0.2) is 0 Å². The summed E-state index contributed by atoms with van der Waals surface area (Å²) in [5.41, 5.74) is 3.08. The van der Waals surface area contributed by atoms with Crippen LogP contribution in [0.5, 0.6) is 0 Å². The van der Waals surface area contributed by atoms with Gasteiger partial charge in [0.25, 0.3) is 5.91 Å². The molecule has 5 nitrogen and oxygen atoms in total. The number of pyridine rings is 1. The molecule has 0 radical (unpaired) electrons. The first kappa shape index (κ1) is 15.4. The van der Waals surface area contributed by atoms with Gasteiger partial charge in [-0.05, 0) is 19.1 Å². The summed E-state index contributed by atoms with van der Waals surface area (Å²) in [6.45, 7) is 1.85. The molecule has 0 aliphatic heterocycles. The Bertz CT molecular complexity index is 1060. The molecule has 4 rings (SSSR count). The summed E-state index contributed by atoms with van der Waals surface area (Å²) in [7, 11) is 0. The van der Waals surface area contributed by atoms with E-state index in [0.29, 0.717) is 10.7 Å². The van der Waals surface area contributed by atoms with Gasteiger partial charge in [-0.15, -0.1) is 10.2 Å². The van der Waals surface area contributed by atoms with Gasteiger partial charge in [0.05, 0.1) is 16.8 Å². The van der Waals surface area contributed by atoms with Gasteiger partial charge in [0.2, 0.25) is 5.13 Å². The van der Waals surface area contributed by atoms with Crippen molar-refractivity contribution in [2.75, 3.05) is 5.32 Å². The minimum absolute atomic E-state index is 0.216. The summed E-state index contributed by atoms with van der Waals surface area (Å²) in [5.74, 6) is -0.216. The first-order chi connectivity index (χ1) is 12.2. The number of fused-ring (bicyclic) bond motifs is 1. The van der Waals surface area contributed by atoms with Crippen LogP contribution in [0.1, 0.15) is 15.4 Å². The van der Waals surface area contributed by atoms with E-state index in [-0.39, 0.29) is 5.91 Å². The highest BCUT2D eigenvalue weighted by atomic mass is 32.1. The van der Waals surface area contributed by atoms with Gasteiger partial charge >= 0.3 is 0 Å². The monoisotopic (exact) mass is 346 g/mol. The first-order valence-electron chi connectivity index (χ1n) is 7.77. The molecule has 0 aliphatic rings. The van der Waals surface area contributed by atoms with Crippen LogP contribution in [-0.4, -0.2) is 21.1 Å². The summed E-state index contributed by atoms with van der Waals surface area (Å²) >= 11 is 1.35. The van der Waals surface area contributed by atoms with E-state index >= 15 is 0 Å². The Balaban J connectivity index is 1.82. The SMILES string of the molecule is Cc1nnc(NC(=O)c2cc(-c3ccccc3)nc3ccccc23)s1. The highest BCUT2D eigenvalue weighted by molar-refractivity contribution is 7.15. The molecular weight excluding hydrogens is 332 g/mol. The Morgan fingerprint density at radius 2 is 1.76 bits per heavy atom. The fraction of sp³-hybridized carbons (Fsp3) is 0.0526. The third kappa shape index (κ3) is 3.12. The number of carbonyl (C=O) groups is 1. The van der Waals surface area contributed by atoms with Crippen LogP contribution in [0.2, 0.25) is 0 Å². The van der Waals surface area contributed by atoms with Crippen molar-refractivity contribution in [1.82, 2.24) is 15.2 Å². The predicted octanol–water partition coefficient (Wildman–Crippen LogP) is 4.31. The number of benzene rings is 2. The van der Waals surface area contributed by atoms with Crippen LogP contribution in [0, 0.1) is 6.92 Å². The van der Waals surface area contributed by atoms with Gasteiger partial charge in [0.1, 0.15) is 5.01 Å². The van der Waals surface area contributed by atoms with Crippen LogP contribution in [0.25, 0.3) is 22.2 Å². The topological polar surface area (TPSA) is 67.8 Å². The van der Waals surface area contributed by atoms with Gasteiger partial charge in [-0.1, -0.05) is 59.9 Å².